The Morgan fingerprint density at radius 3 is 2.35 bits per heavy atom. The molecule has 0 atom stereocenters. The van der Waals surface area contributed by atoms with Crippen LogP contribution in [0.2, 0.25) is 0 Å². The number of ether oxygens (including phenoxy) is 4. The maximum absolute atomic E-state index is 13.6. The van der Waals surface area contributed by atoms with Gasteiger partial charge in [0.05, 0.1) is 43.4 Å². The third-order valence-corrected chi connectivity index (χ3v) is 9.68. The SMILES string of the molecule is CCN(CC)c1ccc(NC(=O)c2cccc(COCCCOCCOC(=O)NCCN3CCOCC3)c2)c(-c2cc(C(=O)NCc3cccc(C(F)(F)F)c3)ccn2)c1. The molecule has 5 rings (SSSR count). The van der Waals surface area contributed by atoms with Gasteiger partial charge in [-0.15, -0.1) is 0 Å². The molecule has 0 aliphatic carbocycles. The normalized spacial score (nSPS) is 13.1. The van der Waals surface area contributed by atoms with E-state index >= 15 is 0 Å². The second-order valence-corrected chi connectivity index (χ2v) is 13.9. The van der Waals surface area contributed by atoms with Crippen molar-refractivity contribution in [2.24, 2.45) is 0 Å². The maximum Gasteiger partial charge on any atom is 0.416 e. The number of hydrogen-bond donors (Lipinski definition) is 3. The number of carbonyl (C=O) groups is 3. The Labute approximate surface area is 348 Å². The van der Waals surface area contributed by atoms with Crippen molar-refractivity contribution in [1.82, 2.24) is 20.5 Å². The lowest BCUT2D eigenvalue weighted by atomic mass is 10.0. The zero-order valence-corrected chi connectivity index (χ0v) is 34.0. The van der Waals surface area contributed by atoms with Crippen molar-refractivity contribution in [2.45, 2.75) is 39.6 Å². The fourth-order valence-corrected chi connectivity index (χ4v) is 6.44. The topological polar surface area (TPSA) is 144 Å². The number of benzene rings is 3. The average Bonchev–Trinajstić information content (AvgIpc) is 3.26. The number of pyridine rings is 1. The molecule has 16 heteroatoms. The quantitative estimate of drug-likeness (QED) is 0.0770. The molecular formula is C44H53F3N6O7. The van der Waals surface area contributed by atoms with E-state index in [1.165, 1.54) is 24.4 Å². The Kier molecular flexibility index (Phi) is 17.7. The molecule has 0 saturated carbocycles. The van der Waals surface area contributed by atoms with Gasteiger partial charge in [0.1, 0.15) is 6.61 Å². The Hall–Kier alpha value is -5.55. The van der Waals surface area contributed by atoms with Crippen LogP contribution in [0.3, 0.4) is 0 Å². The summed E-state index contributed by atoms with van der Waals surface area (Å²) in [7, 11) is 0. The van der Waals surface area contributed by atoms with Crippen molar-refractivity contribution in [1.29, 1.82) is 0 Å². The Bertz CT molecular complexity index is 2010. The van der Waals surface area contributed by atoms with Crippen LogP contribution in [0.25, 0.3) is 11.3 Å². The number of amides is 3. The summed E-state index contributed by atoms with van der Waals surface area (Å²) in [6.45, 7) is 11.4. The number of alkyl halides is 3. The van der Waals surface area contributed by atoms with Crippen molar-refractivity contribution in [2.75, 3.05) is 89.1 Å². The van der Waals surface area contributed by atoms with E-state index in [4.69, 9.17) is 18.9 Å². The Balaban J connectivity index is 1.12. The minimum atomic E-state index is -4.49. The van der Waals surface area contributed by atoms with Crippen LogP contribution in [0.4, 0.5) is 29.3 Å². The minimum Gasteiger partial charge on any atom is -0.447 e. The van der Waals surface area contributed by atoms with E-state index in [9.17, 15) is 27.6 Å². The molecule has 60 heavy (non-hydrogen) atoms. The van der Waals surface area contributed by atoms with Crippen molar-refractivity contribution >= 4 is 29.3 Å². The first-order valence-electron chi connectivity index (χ1n) is 20.1. The molecule has 0 spiro atoms. The summed E-state index contributed by atoms with van der Waals surface area (Å²) < 4.78 is 61.5. The van der Waals surface area contributed by atoms with E-state index in [2.05, 4.69) is 30.7 Å². The molecule has 2 heterocycles. The van der Waals surface area contributed by atoms with Crippen LogP contribution in [-0.4, -0.2) is 107 Å². The number of halogens is 3. The first-order valence-corrected chi connectivity index (χ1v) is 20.1. The summed E-state index contributed by atoms with van der Waals surface area (Å²) >= 11 is 0. The summed E-state index contributed by atoms with van der Waals surface area (Å²) in [4.78, 5) is 47.6. The second kappa shape index (κ2) is 23.3. The van der Waals surface area contributed by atoms with Gasteiger partial charge in [0.2, 0.25) is 0 Å². The molecule has 3 N–H and O–H groups in total. The average molecular weight is 835 g/mol. The van der Waals surface area contributed by atoms with Crippen LogP contribution < -0.4 is 20.9 Å². The molecule has 0 bridgehead atoms. The van der Waals surface area contributed by atoms with Gasteiger partial charge in [-0.25, -0.2) is 4.79 Å². The smallest absolute Gasteiger partial charge is 0.416 e. The second-order valence-electron chi connectivity index (χ2n) is 13.9. The van der Waals surface area contributed by atoms with Gasteiger partial charge >= 0.3 is 12.3 Å². The summed E-state index contributed by atoms with van der Waals surface area (Å²) in [5.41, 5.74) is 3.36. The molecule has 13 nitrogen and oxygen atoms in total. The van der Waals surface area contributed by atoms with E-state index in [1.54, 1.807) is 30.3 Å². The van der Waals surface area contributed by atoms with Crippen LogP contribution >= 0.6 is 0 Å². The van der Waals surface area contributed by atoms with Crippen molar-refractivity contribution in [3.8, 4) is 11.3 Å². The van der Waals surface area contributed by atoms with E-state index in [1.807, 2.05) is 32.0 Å². The zero-order valence-electron chi connectivity index (χ0n) is 34.0. The van der Waals surface area contributed by atoms with Gasteiger partial charge in [0, 0.05) is 87.6 Å². The molecular weight excluding hydrogens is 782 g/mol. The van der Waals surface area contributed by atoms with Crippen molar-refractivity contribution < 1.29 is 46.5 Å². The molecule has 3 aromatic carbocycles. The number of rotatable bonds is 21. The minimum absolute atomic E-state index is 0.104. The predicted octanol–water partition coefficient (Wildman–Crippen LogP) is 6.78. The van der Waals surface area contributed by atoms with Crippen LogP contribution in [0.1, 0.15) is 57.7 Å². The molecule has 1 aliphatic rings. The molecule has 1 aromatic heterocycles. The van der Waals surface area contributed by atoms with E-state index < -0.39 is 23.7 Å². The molecule has 4 aromatic rings. The van der Waals surface area contributed by atoms with Gasteiger partial charge in [-0.1, -0.05) is 24.3 Å². The summed E-state index contributed by atoms with van der Waals surface area (Å²) in [5, 5.41) is 8.44. The summed E-state index contributed by atoms with van der Waals surface area (Å²) in [6, 6.07) is 20.6. The predicted molar refractivity (Wildman–Crippen MR) is 222 cm³/mol. The molecule has 0 radical (unpaired) electrons. The molecule has 0 unspecified atom stereocenters. The fraction of sp³-hybridized carbons (Fsp3) is 0.409. The largest absolute Gasteiger partial charge is 0.447 e. The first-order chi connectivity index (χ1) is 29.0. The number of hydrogen-bond acceptors (Lipinski definition) is 10. The molecule has 322 valence electrons. The highest BCUT2D eigenvalue weighted by Crippen LogP contribution is 2.33. The Morgan fingerprint density at radius 1 is 0.817 bits per heavy atom. The summed E-state index contributed by atoms with van der Waals surface area (Å²) in [6.07, 6.45) is -2.86. The lowest BCUT2D eigenvalue weighted by Gasteiger charge is -2.26. The van der Waals surface area contributed by atoms with E-state index in [-0.39, 0.29) is 37.8 Å². The highest BCUT2D eigenvalue weighted by Gasteiger charge is 2.30. The fourth-order valence-electron chi connectivity index (χ4n) is 6.44. The molecule has 1 aliphatic heterocycles. The van der Waals surface area contributed by atoms with Crippen molar-refractivity contribution in [3.63, 3.8) is 0 Å². The molecule has 1 saturated heterocycles. The number of morpholine rings is 1. The maximum atomic E-state index is 13.6. The van der Waals surface area contributed by atoms with Crippen LogP contribution in [-0.2, 0) is 38.3 Å². The monoisotopic (exact) mass is 834 g/mol. The Morgan fingerprint density at radius 2 is 1.57 bits per heavy atom. The molecule has 3 amide bonds. The highest BCUT2D eigenvalue weighted by molar-refractivity contribution is 6.06. The third-order valence-electron chi connectivity index (χ3n) is 9.68. The zero-order chi connectivity index (χ0) is 42.7. The van der Waals surface area contributed by atoms with Crippen molar-refractivity contribution in [3.05, 3.63) is 113 Å². The van der Waals surface area contributed by atoms with Gasteiger partial charge in [-0.2, -0.15) is 13.2 Å². The van der Waals surface area contributed by atoms with Gasteiger partial charge in [0.25, 0.3) is 11.8 Å². The lowest BCUT2D eigenvalue weighted by molar-refractivity contribution is -0.137. The number of alkyl carbamates (subject to hydrolysis) is 1. The van der Waals surface area contributed by atoms with E-state index in [0.29, 0.717) is 67.5 Å². The van der Waals surface area contributed by atoms with Crippen LogP contribution in [0.5, 0.6) is 0 Å². The highest BCUT2D eigenvalue weighted by atomic mass is 19.4. The molecule has 1 fully saturated rings. The first kappa shape index (κ1) is 45.5. The number of carbonyl (C=O) groups excluding carboxylic acids is 3. The summed E-state index contributed by atoms with van der Waals surface area (Å²) in [5.74, 6) is -0.847. The third kappa shape index (κ3) is 14.3. The van der Waals surface area contributed by atoms with E-state index in [0.717, 1.165) is 56.1 Å². The number of aromatic nitrogens is 1. The standard InChI is InChI=1S/C44H53F3N6O7/c1-3-53(4-2)37-12-13-39(38(29-37)40-28-35(14-15-48-40)41(54)50-30-32-8-6-11-36(27-32)44(45,46)47)51-42(55)34-10-5-9-33(26-34)31-59-21-7-20-57-24-25-60-43(56)49-16-17-52-18-22-58-23-19-52/h5-6,8-15,26-29H,3-4,7,16-25,30-31H2,1-2H3,(H,49,56)(H,50,54)(H,51,55). The van der Waals surface area contributed by atoms with Crippen LogP contribution in [0.15, 0.2) is 85.1 Å². The van der Waals surface area contributed by atoms with Gasteiger partial charge in [-0.3, -0.25) is 19.5 Å². The number of nitrogens with zero attached hydrogens (tertiary/aromatic N) is 3. The number of anilines is 2. The lowest BCUT2D eigenvalue weighted by Crippen LogP contribution is -2.41. The van der Waals surface area contributed by atoms with Gasteiger partial charge in [-0.05, 0) is 86.0 Å². The van der Waals surface area contributed by atoms with Gasteiger partial charge < -0.3 is 39.8 Å². The van der Waals surface area contributed by atoms with Gasteiger partial charge in [0.15, 0.2) is 0 Å². The number of nitrogens with one attached hydrogen (secondary N) is 3. The van der Waals surface area contributed by atoms with Crippen LogP contribution in [0, 0.1) is 0 Å².